The second-order valence-corrected chi connectivity index (χ2v) is 5.40. The number of aromatic nitrogens is 1. The monoisotopic (exact) mass is 292 g/mol. The summed E-state index contributed by atoms with van der Waals surface area (Å²) in [5.74, 6) is 0.366. The molecule has 2 aromatic rings. The number of hydrogen-bond donors (Lipinski definition) is 0. The van der Waals surface area contributed by atoms with E-state index in [1.165, 1.54) is 5.56 Å². The minimum Gasteiger partial charge on any atom is -0.402 e. The third-order valence-corrected chi connectivity index (χ3v) is 3.43. The Morgan fingerprint density at radius 2 is 1.91 bits per heavy atom. The molecule has 2 heterocycles. The SMILES string of the molecule is CC(C)c1ccc(C2=N/C(=C\c3cccnc3)C(=O)O2)cc1. The maximum absolute atomic E-state index is 11.9. The van der Waals surface area contributed by atoms with Gasteiger partial charge in [0.2, 0.25) is 5.90 Å². The molecule has 4 nitrogen and oxygen atoms in total. The lowest BCUT2D eigenvalue weighted by molar-refractivity contribution is -0.129. The van der Waals surface area contributed by atoms with E-state index < -0.39 is 5.97 Å². The van der Waals surface area contributed by atoms with Crippen LogP contribution in [0.3, 0.4) is 0 Å². The highest BCUT2D eigenvalue weighted by Crippen LogP contribution is 2.20. The number of carbonyl (C=O) groups is 1. The number of pyridine rings is 1. The Balaban J connectivity index is 1.88. The predicted octanol–water partition coefficient (Wildman–Crippen LogP) is 3.55. The van der Waals surface area contributed by atoms with Gasteiger partial charge in [-0.15, -0.1) is 0 Å². The molecule has 110 valence electrons. The van der Waals surface area contributed by atoms with Crippen molar-refractivity contribution in [2.24, 2.45) is 4.99 Å². The zero-order chi connectivity index (χ0) is 15.5. The molecule has 0 atom stereocenters. The Morgan fingerprint density at radius 3 is 2.55 bits per heavy atom. The van der Waals surface area contributed by atoms with Crippen molar-refractivity contribution in [3.05, 3.63) is 71.2 Å². The summed E-state index contributed by atoms with van der Waals surface area (Å²) < 4.78 is 5.25. The molecule has 4 heteroatoms. The van der Waals surface area contributed by atoms with E-state index in [9.17, 15) is 4.79 Å². The summed E-state index contributed by atoms with van der Waals surface area (Å²) in [5, 5.41) is 0. The summed E-state index contributed by atoms with van der Waals surface area (Å²) >= 11 is 0. The highest BCUT2D eigenvalue weighted by molar-refractivity contribution is 6.12. The lowest BCUT2D eigenvalue weighted by atomic mass is 10.0. The molecule has 3 rings (SSSR count). The van der Waals surface area contributed by atoms with Crippen LogP contribution in [-0.2, 0) is 9.53 Å². The molecule has 22 heavy (non-hydrogen) atoms. The van der Waals surface area contributed by atoms with Crippen molar-refractivity contribution in [2.75, 3.05) is 0 Å². The predicted molar refractivity (Wildman–Crippen MR) is 85.4 cm³/mol. The third kappa shape index (κ3) is 2.96. The van der Waals surface area contributed by atoms with E-state index in [0.29, 0.717) is 11.8 Å². The standard InChI is InChI=1S/C18H16N2O2/c1-12(2)14-5-7-15(8-6-14)17-20-16(18(21)22-17)10-13-4-3-9-19-11-13/h3-12H,1-2H3/b16-10-. The number of cyclic esters (lactones) is 1. The van der Waals surface area contributed by atoms with E-state index in [2.05, 4.69) is 23.8 Å². The second-order valence-electron chi connectivity index (χ2n) is 5.40. The van der Waals surface area contributed by atoms with Gasteiger partial charge < -0.3 is 4.74 Å². The topological polar surface area (TPSA) is 51.5 Å². The first-order valence-corrected chi connectivity index (χ1v) is 7.16. The number of carbonyl (C=O) groups excluding carboxylic acids is 1. The van der Waals surface area contributed by atoms with Crippen LogP contribution in [0.4, 0.5) is 0 Å². The van der Waals surface area contributed by atoms with Crippen LogP contribution in [0.1, 0.15) is 36.5 Å². The highest BCUT2D eigenvalue weighted by Gasteiger charge is 2.24. The van der Waals surface area contributed by atoms with Crippen molar-refractivity contribution < 1.29 is 9.53 Å². The average molecular weight is 292 g/mol. The van der Waals surface area contributed by atoms with Gasteiger partial charge >= 0.3 is 5.97 Å². The van der Waals surface area contributed by atoms with Crippen molar-refractivity contribution >= 4 is 17.9 Å². The Kier molecular flexibility index (Phi) is 3.83. The minimum absolute atomic E-state index is 0.288. The van der Waals surface area contributed by atoms with E-state index >= 15 is 0 Å². The fraction of sp³-hybridized carbons (Fsp3) is 0.167. The Hall–Kier alpha value is -2.75. The fourth-order valence-corrected chi connectivity index (χ4v) is 2.16. The van der Waals surface area contributed by atoms with Crippen LogP contribution in [0.2, 0.25) is 0 Å². The first-order valence-electron chi connectivity index (χ1n) is 7.16. The summed E-state index contributed by atoms with van der Waals surface area (Å²) in [6.07, 6.45) is 5.02. The van der Waals surface area contributed by atoms with E-state index in [1.54, 1.807) is 18.5 Å². The highest BCUT2D eigenvalue weighted by atomic mass is 16.6. The molecule has 1 aromatic carbocycles. The van der Waals surface area contributed by atoms with Crippen LogP contribution in [0.25, 0.3) is 6.08 Å². The first kappa shape index (κ1) is 14.2. The molecule has 0 fully saturated rings. The van der Waals surface area contributed by atoms with Gasteiger partial charge in [0, 0.05) is 18.0 Å². The summed E-state index contributed by atoms with van der Waals surface area (Å²) in [7, 11) is 0. The molecule has 1 aliphatic heterocycles. The van der Waals surface area contributed by atoms with E-state index in [1.807, 2.05) is 36.4 Å². The molecule has 1 aliphatic rings. The van der Waals surface area contributed by atoms with Crippen LogP contribution in [0, 0.1) is 0 Å². The van der Waals surface area contributed by atoms with Crippen LogP contribution < -0.4 is 0 Å². The summed E-state index contributed by atoms with van der Waals surface area (Å²) in [6, 6.07) is 11.6. The molecule has 0 saturated carbocycles. The normalized spacial score (nSPS) is 16.0. The Labute approximate surface area is 129 Å². The number of hydrogen-bond acceptors (Lipinski definition) is 4. The zero-order valence-corrected chi connectivity index (χ0v) is 12.5. The lowest BCUT2D eigenvalue weighted by Gasteiger charge is -2.05. The largest absolute Gasteiger partial charge is 0.402 e. The number of aliphatic imine (C=N–C) groups is 1. The summed E-state index contributed by atoms with van der Waals surface area (Å²) in [5.41, 5.74) is 3.14. The average Bonchev–Trinajstić information content (AvgIpc) is 2.89. The molecule has 0 N–H and O–H groups in total. The van der Waals surface area contributed by atoms with Gasteiger partial charge in [0.25, 0.3) is 0 Å². The van der Waals surface area contributed by atoms with Gasteiger partial charge in [-0.25, -0.2) is 9.79 Å². The maximum Gasteiger partial charge on any atom is 0.363 e. The summed E-state index contributed by atoms with van der Waals surface area (Å²) in [6.45, 7) is 4.27. The van der Waals surface area contributed by atoms with Gasteiger partial charge in [-0.3, -0.25) is 4.98 Å². The lowest BCUT2D eigenvalue weighted by Crippen LogP contribution is -2.05. The van der Waals surface area contributed by atoms with Gasteiger partial charge in [0.05, 0.1) is 0 Å². The molecular formula is C18H16N2O2. The fourth-order valence-electron chi connectivity index (χ4n) is 2.16. The van der Waals surface area contributed by atoms with E-state index in [-0.39, 0.29) is 5.70 Å². The van der Waals surface area contributed by atoms with Crippen molar-refractivity contribution in [3.63, 3.8) is 0 Å². The second kappa shape index (κ2) is 5.93. The van der Waals surface area contributed by atoms with Crippen molar-refractivity contribution in [1.82, 2.24) is 4.98 Å². The molecule has 1 aromatic heterocycles. The van der Waals surface area contributed by atoms with E-state index in [4.69, 9.17) is 4.74 Å². The third-order valence-electron chi connectivity index (χ3n) is 3.43. The van der Waals surface area contributed by atoms with Gasteiger partial charge in [-0.05, 0) is 41.3 Å². The van der Waals surface area contributed by atoms with Crippen LogP contribution >= 0.6 is 0 Å². The Morgan fingerprint density at radius 1 is 1.14 bits per heavy atom. The number of nitrogens with zero attached hydrogens (tertiary/aromatic N) is 2. The van der Waals surface area contributed by atoms with Crippen molar-refractivity contribution in [3.8, 4) is 0 Å². The van der Waals surface area contributed by atoms with Crippen LogP contribution in [0.15, 0.2) is 59.5 Å². The minimum atomic E-state index is -0.438. The molecule has 0 spiro atoms. The summed E-state index contributed by atoms with van der Waals surface area (Å²) in [4.78, 5) is 20.2. The Bertz CT molecular complexity index is 744. The number of benzene rings is 1. The van der Waals surface area contributed by atoms with Gasteiger partial charge in [0.1, 0.15) is 0 Å². The molecule has 0 saturated heterocycles. The van der Waals surface area contributed by atoms with Crippen LogP contribution in [-0.4, -0.2) is 16.9 Å². The van der Waals surface area contributed by atoms with Crippen molar-refractivity contribution in [1.29, 1.82) is 0 Å². The number of esters is 1. The zero-order valence-electron chi connectivity index (χ0n) is 12.5. The molecule has 0 aliphatic carbocycles. The number of ether oxygens (including phenoxy) is 1. The number of rotatable bonds is 3. The quantitative estimate of drug-likeness (QED) is 0.642. The molecule has 0 radical (unpaired) electrons. The van der Waals surface area contributed by atoms with Gasteiger partial charge in [-0.1, -0.05) is 32.0 Å². The van der Waals surface area contributed by atoms with Gasteiger partial charge in [0.15, 0.2) is 5.70 Å². The van der Waals surface area contributed by atoms with E-state index in [0.717, 1.165) is 11.1 Å². The smallest absolute Gasteiger partial charge is 0.363 e. The van der Waals surface area contributed by atoms with Gasteiger partial charge in [-0.2, -0.15) is 0 Å². The maximum atomic E-state index is 11.9. The molecule has 0 unspecified atom stereocenters. The first-order chi connectivity index (χ1) is 10.6. The molecule has 0 bridgehead atoms. The molecule has 0 amide bonds. The van der Waals surface area contributed by atoms with Crippen molar-refractivity contribution in [2.45, 2.75) is 19.8 Å². The van der Waals surface area contributed by atoms with Crippen LogP contribution in [0.5, 0.6) is 0 Å². The molecular weight excluding hydrogens is 276 g/mol.